The standard InChI is InChI=1S/C14H22N2OS/c1-2-14(5-8-15-9-6-14)13(17)16-7-3-12-4-10-18-11-12/h4,10-11,15H,2-3,5-9H2,1H3,(H,16,17). The molecular formula is C14H22N2OS. The van der Waals surface area contributed by atoms with E-state index >= 15 is 0 Å². The smallest absolute Gasteiger partial charge is 0.226 e. The van der Waals surface area contributed by atoms with E-state index in [1.165, 1.54) is 5.56 Å². The summed E-state index contributed by atoms with van der Waals surface area (Å²) in [4.78, 5) is 12.3. The molecule has 1 fully saturated rings. The van der Waals surface area contributed by atoms with E-state index in [4.69, 9.17) is 0 Å². The fourth-order valence-electron chi connectivity index (χ4n) is 2.59. The number of thiophene rings is 1. The van der Waals surface area contributed by atoms with Gasteiger partial charge in [0.2, 0.25) is 5.91 Å². The molecule has 2 heterocycles. The summed E-state index contributed by atoms with van der Waals surface area (Å²) >= 11 is 1.71. The molecule has 0 aliphatic carbocycles. The average Bonchev–Trinajstić information content (AvgIpc) is 2.92. The fraction of sp³-hybridized carbons (Fsp3) is 0.643. The Kier molecular flexibility index (Phi) is 4.78. The second-order valence-electron chi connectivity index (χ2n) is 5.02. The molecule has 100 valence electrons. The maximum absolute atomic E-state index is 12.3. The van der Waals surface area contributed by atoms with Crippen LogP contribution in [0.25, 0.3) is 0 Å². The molecule has 0 radical (unpaired) electrons. The van der Waals surface area contributed by atoms with Crippen LogP contribution in [0, 0.1) is 5.41 Å². The molecule has 1 aliphatic heterocycles. The largest absolute Gasteiger partial charge is 0.355 e. The van der Waals surface area contributed by atoms with Gasteiger partial charge >= 0.3 is 0 Å². The van der Waals surface area contributed by atoms with Crippen LogP contribution in [0.2, 0.25) is 0 Å². The van der Waals surface area contributed by atoms with E-state index in [0.29, 0.717) is 0 Å². The van der Waals surface area contributed by atoms with Crippen molar-refractivity contribution in [1.29, 1.82) is 0 Å². The molecule has 1 aromatic heterocycles. The summed E-state index contributed by atoms with van der Waals surface area (Å²) in [5, 5.41) is 10.7. The van der Waals surface area contributed by atoms with Crippen LogP contribution in [0.1, 0.15) is 31.7 Å². The number of hydrogen-bond acceptors (Lipinski definition) is 3. The maximum Gasteiger partial charge on any atom is 0.226 e. The maximum atomic E-state index is 12.3. The zero-order chi connectivity index (χ0) is 12.8. The van der Waals surface area contributed by atoms with Crippen LogP contribution in [-0.2, 0) is 11.2 Å². The summed E-state index contributed by atoms with van der Waals surface area (Å²) in [6.45, 7) is 4.81. The number of nitrogens with one attached hydrogen (secondary N) is 2. The zero-order valence-corrected chi connectivity index (χ0v) is 11.8. The minimum absolute atomic E-state index is 0.125. The lowest BCUT2D eigenvalue weighted by Gasteiger charge is -2.35. The van der Waals surface area contributed by atoms with Gasteiger partial charge in [0.15, 0.2) is 0 Å². The van der Waals surface area contributed by atoms with Gasteiger partial charge in [0.05, 0.1) is 5.41 Å². The van der Waals surface area contributed by atoms with E-state index in [0.717, 1.165) is 45.3 Å². The van der Waals surface area contributed by atoms with Crippen LogP contribution in [0.15, 0.2) is 16.8 Å². The summed E-state index contributed by atoms with van der Waals surface area (Å²) < 4.78 is 0. The number of carbonyl (C=O) groups excluding carboxylic acids is 1. The van der Waals surface area contributed by atoms with E-state index in [9.17, 15) is 4.79 Å². The first-order chi connectivity index (χ1) is 8.77. The third-order valence-corrected chi connectivity index (χ3v) is 4.73. The summed E-state index contributed by atoms with van der Waals surface area (Å²) in [7, 11) is 0. The Morgan fingerprint density at radius 2 is 2.28 bits per heavy atom. The second kappa shape index (κ2) is 6.34. The van der Waals surface area contributed by atoms with E-state index in [2.05, 4.69) is 34.4 Å². The van der Waals surface area contributed by atoms with Gasteiger partial charge in [-0.05, 0) is 61.2 Å². The van der Waals surface area contributed by atoms with Gasteiger partial charge in [0, 0.05) is 6.54 Å². The molecule has 1 saturated heterocycles. The van der Waals surface area contributed by atoms with Crippen molar-refractivity contribution in [2.24, 2.45) is 5.41 Å². The van der Waals surface area contributed by atoms with Gasteiger partial charge in [0.25, 0.3) is 0 Å². The van der Waals surface area contributed by atoms with Crippen molar-refractivity contribution < 1.29 is 4.79 Å². The molecule has 0 atom stereocenters. The predicted octanol–water partition coefficient (Wildman–Crippen LogP) is 2.19. The van der Waals surface area contributed by atoms with Gasteiger partial charge in [-0.2, -0.15) is 11.3 Å². The molecule has 2 N–H and O–H groups in total. The lowest BCUT2D eigenvalue weighted by molar-refractivity contribution is -0.132. The van der Waals surface area contributed by atoms with Crippen molar-refractivity contribution in [3.63, 3.8) is 0 Å². The molecule has 4 heteroatoms. The third-order valence-electron chi connectivity index (χ3n) is 4.00. The van der Waals surface area contributed by atoms with E-state index in [1.807, 2.05) is 0 Å². The third kappa shape index (κ3) is 3.12. The highest BCUT2D eigenvalue weighted by molar-refractivity contribution is 7.07. The Balaban J connectivity index is 1.82. The van der Waals surface area contributed by atoms with Crippen molar-refractivity contribution in [1.82, 2.24) is 10.6 Å². The molecule has 0 aromatic carbocycles. The lowest BCUT2D eigenvalue weighted by atomic mass is 9.76. The first kappa shape index (κ1) is 13.6. The van der Waals surface area contributed by atoms with Gasteiger partial charge in [-0.3, -0.25) is 4.79 Å². The molecule has 3 nitrogen and oxygen atoms in total. The van der Waals surface area contributed by atoms with Gasteiger partial charge < -0.3 is 10.6 Å². The number of carbonyl (C=O) groups is 1. The number of piperidine rings is 1. The molecule has 1 amide bonds. The van der Waals surface area contributed by atoms with E-state index in [-0.39, 0.29) is 11.3 Å². The second-order valence-corrected chi connectivity index (χ2v) is 5.80. The normalized spacial score (nSPS) is 18.5. The summed E-state index contributed by atoms with van der Waals surface area (Å²) in [5.41, 5.74) is 1.19. The number of hydrogen-bond donors (Lipinski definition) is 2. The van der Waals surface area contributed by atoms with Crippen LogP contribution in [0.4, 0.5) is 0 Å². The Bertz CT molecular complexity index is 369. The van der Waals surface area contributed by atoms with E-state index in [1.54, 1.807) is 11.3 Å². The first-order valence-electron chi connectivity index (χ1n) is 6.77. The molecule has 0 saturated carbocycles. The van der Waals surface area contributed by atoms with E-state index < -0.39 is 0 Å². The van der Waals surface area contributed by atoms with Gasteiger partial charge in [-0.1, -0.05) is 6.92 Å². The molecule has 0 unspecified atom stereocenters. The fourth-order valence-corrected chi connectivity index (χ4v) is 3.29. The topological polar surface area (TPSA) is 41.1 Å². The Morgan fingerprint density at radius 1 is 1.50 bits per heavy atom. The van der Waals surface area contributed by atoms with Crippen molar-refractivity contribution in [2.45, 2.75) is 32.6 Å². The molecule has 1 aliphatic rings. The Morgan fingerprint density at radius 3 is 2.89 bits per heavy atom. The highest BCUT2D eigenvalue weighted by Gasteiger charge is 2.37. The van der Waals surface area contributed by atoms with Crippen LogP contribution < -0.4 is 10.6 Å². The van der Waals surface area contributed by atoms with Crippen molar-refractivity contribution in [2.75, 3.05) is 19.6 Å². The minimum Gasteiger partial charge on any atom is -0.355 e. The molecular weight excluding hydrogens is 244 g/mol. The molecule has 0 spiro atoms. The van der Waals surface area contributed by atoms with Crippen LogP contribution in [0.5, 0.6) is 0 Å². The van der Waals surface area contributed by atoms with Crippen molar-refractivity contribution in [3.05, 3.63) is 22.4 Å². The highest BCUT2D eigenvalue weighted by atomic mass is 32.1. The first-order valence-corrected chi connectivity index (χ1v) is 7.71. The SMILES string of the molecule is CCC1(C(=O)NCCc2ccsc2)CCNCC1. The van der Waals surface area contributed by atoms with Crippen LogP contribution >= 0.6 is 11.3 Å². The van der Waals surface area contributed by atoms with Gasteiger partial charge in [0.1, 0.15) is 0 Å². The van der Waals surface area contributed by atoms with Gasteiger partial charge in [-0.15, -0.1) is 0 Å². The predicted molar refractivity (Wildman–Crippen MR) is 75.9 cm³/mol. The molecule has 2 rings (SSSR count). The zero-order valence-electron chi connectivity index (χ0n) is 11.0. The van der Waals surface area contributed by atoms with Crippen molar-refractivity contribution >= 4 is 17.2 Å². The molecule has 0 bridgehead atoms. The lowest BCUT2D eigenvalue weighted by Crippen LogP contribution is -2.47. The monoisotopic (exact) mass is 266 g/mol. The number of rotatable bonds is 5. The molecule has 18 heavy (non-hydrogen) atoms. The van der Waals surface area contributed by atoms with Crippen LogP contribution in [0.3, 0.4) is 0 Å². The van der Waals surface area contributed by atoms with Crippen LogP contribution in [-0.4, -0.2) is 25.5 Å². The number of amides is 1. The summed E-state index contributed by atoms with van der Waals surface area (Å²) in [6, 6.07) is 2.12. The van der Waals surface area contributed by atoms with Crippen molar-refractivity contribution in [3.8, 4) is 0 Å². The van der Waals surface area contributed by atoms with Gasteiger partial charge in [-0.25, -0.2) is 0 Å². The quantitative estimate of drug-likeness (QED) is 0.858. The average molecular weight is 266 g/mol. The Labute approximate surface area is 113 Å². The Hall–Kier alpha value is -0.870. The highest BCUT2D eigenvalue weighted by Crippen LogP contribution is 2.32. The minimum atomic E-state index is -0.125. The molecule has 1 aromatic rings. The summed E-state index contributed by atoms with van der Waals surface area (Å²) in [6.07, 6.45) is 3.81. The summed E-state index contributed by atoms with van der Waals surface area (Å²) in [5.74, 6) is 0.252.